The van der Waals surface area contributed by atoms with E-state index in [0.29, 0.717) is 0 Å². The Labute approximate surface area is 101 Å². The van der Waals surface area contributed by atoms with Crippen molar-refractivity contribution in [2.75, 3.05) is 13.1 Å². The second-order valence-corrected chi connectivity index (χ2v) is 3.83. The van der Waals surface area contributed by atoms with E-state index >= 15 is 0 Å². The molecule has 2 nitrogen and oxygen atoms in total. The molecule has 0 radical (unpaired) electrons. The summed E-state index contributed by atoms with van der Waals surface area (Å²) in [6.07, 6.45) is 5.21. The highest BCUT2D eigenvalue weighted by atomic mass is 35.5. The highest BCUT2D eigenvalue weighted by molar-refractivity contribution is 5.91. The molecular weight excluding hydrogens is 222 g/mol. The first-order valence-electron chi connectivity index (χ1n) is 5.31. The standard InChI is InChI=1S/C13H13NO.ClH/c1-2-4-13-11(3-1)12(9-15-13)10-5-7-14-8-6-10;/h1-5,9,14H,6-8H2;1H. The van der Waals surface area contributed by atoms with Gasteiger partial charge in [-0.05, 0) is 24.6 Å². The molecule has 2 heterocycles. The molecule has 3 heteroatoms. The highest BCUT2D eigenvalue weighted by Crippen LogP contribution is 2.29. The van der Waals surface area contributed by atoms with Gasteiger partial charge in [-0.3, -0.25) is 0 Å². The molecular formula is C13H14ClNO. The summed E-state index contributed by atoms with van der Waals surface area (Å²) in [5.41, 5.74) is 3.64. The summed E-state index contributed by atoms with van der Waals surface area (Å²) in [5, 5.41) is 4.55. The van der Waals surface area contributed by atoms with Crippen LogP contribution in [0.4, 0.5) is 0 Å². The molecule has 0 atom stereocenters. The second-order valence-electron chi connectivity index (χ2n) is 3.83. The van der Waals surface area contributed by atoms with Crippen molar-refractivity contribution in [3.05, 3.63) is 42.2 Å². The minimum absolute atomic E-state index is 0. The summed E-state index contributed by atoms with van der Waals surface area (Å²) in [7, 11) is 0. The molecule has 0 saturated carbocycles. The molecule has 1 aromatic heterocycles. The van der Waals surface area contributed by atoms with Crippen LogP contribution in [0.3, 0.4) is 0 Å². The first-order chi connectivity index (χ1) is 7.45. The van der Waals surface area contributed by atoms with E-state index in [9.17, 15) is 0 Å². The van der Waals surface area contributed by atoms with Gasteiger partial charge in [-0.15, -0.1) is 12.4 Å². The Hall–Kier alpha value is -1.25. The molecule has 0 unspecified atom stereocenters. The number of halogens is 1. The lowest BCUT2D eigenvalue weighted by molar-refractivity contribution is 0.614. The van der Waals surface area contributed by atoms with Gasteiger partial charge in [-0.1, -0.05) is 24.3 Å². The van der Waals surface area contributed by atoms with Crippen LogP contribution in [-0.4, -0.2) is 13.1 Å². The minimum atomic E-state index is 0. The van der Waals surface area contributed by atoms with Crippen LogP contribution in [0.1, 0.15) is 12.0 Å². The lowest BCUT2D eigenvalue weighted by Crippen LogP contribution is -2.19. The van der Waals surface area contributed by atoms with Crippen molar-refractivity contribution in [1.82, 2.24) is 5.32 Å². The van der Waals surface area contributed by atoms with Crippen LogP contribution in [0.2, 0.25) is 0 Å². The zero-order valence-electron chi connectivity index (χ0n) is 8.90. The zero-order chi connectivity index (χ0) is 10.1. The molecule has 0 spiro atoms. The predicted octanol–water partition coefficient (Wildman–Crippen LogP) is 3.23. The van der Waals surface area contributed by atoms with Gasteiger partial charge in [0.05, 0.1) is 6.26 Å². The molecule has 0 aliphatic carbocycles. The molecule has 1 aliphatic rings. The van der Waals surface area contributed by atoms with Crippen molar-refractivity contribution in [2.45, 2.75) is 6.42 Å². The number of fused-ring (bicyclic) bond motifs is 1. The van der Waals surface area contributed by atoms with Gasteiger partial charge in [0.1, 0.15) is 5.58 Å². The number of para-hydroxylation sites is 1. The molecule has 0 bridgehead atoms. The fourth-order valence-corrected chi connectivity index (χ4v) is 2.09. The SMILES string of the molecule is C1=C(c2coc3ccccc23)CCNC1.Cl. The summed E-state index contributed by atoms with van der Waals surface area (Å²) in [6, 6.07) is 8.20. The van der Waals surface area contributed by atoms with Gasteiger partial charge in [0.2, 0.25) is 0 Å². The van der Waals surface area contributed by atoms with Crippen LogP contribution in [0.5, 0.6) is 0 Å². The van der Waals surface area contributed by atoms with Gasteiger partial charge in [0.15, 0.2) is 0 Å². The molecule has 1 N–H and O–H groups in total. The zero-order valence-corrected chi connectivity index (χ0v) is 9.72. The van der Waals surface area contributed by atoms with Gasteiger partial charge < -0.3 is 9.73 Å². The number of hydrogen-bond acceptors (Lipinski definition) is 2. The van der Waals surface area contributed by atoms with Gasteiger partial charge in [-0.25, -0.2) is 0 Å². The predicted molar refractivity (Wildman–Crippen MR) is 68.9 cm³/mol. The van der Waals surface area contributed by atoms with Crippen LogP contribution in [-0.2, 0) is 0 Å². The molecule has 1 aliphatic heterocycles. The summed E-state index contributed by atoms with van der Waals surface area (Å²) in [6.45, 7) is 2.03. The minimum Gasteiger partial charge on any atom is -0.464 e. The molecule has 2 aromatic rings. The maximum Gasteiger partial charge on any atom is 0.134 e. The van der Waals surface area contributed by atoms with Crippen LogP contribution < -0.4 is 5.32 Å². The monoisotopic (exact) mass is 235 g/mol. The molecule has 0 fully saturated rings. The summed E-state index contributed by atoms with van der Waals surface area (Å²) in [5.74, 6) is 0. The maximum atomic E-state index is 5.54. The third-order valence-corrected chi connectivity index (χ3v) is 2.89. The van der Waals surface area contributed by atoms with Crippen LogP contribution in [0.25, 0.3) is 16.5 Å². The summed E-state index contributed by atoms with van der Waals surface area (Å²) >= 11 is 0. The Kier molecular flexibility index (Phi) is 3.32. The van der Waals surface area contributed by atoms with Gasteiger partial charge in [0.25, 0.3) is 0 Å². The topological polar surface area (TPSA) is 25.2 Å². The number of nitrogens with one attached hydrogen (secondary N) is 1. The van der Waals surface area contributed by atoms with E-state index in [0.717, 1.165) is 25.1 Å². The van der Waals surface area contributed by atoms with Crippen molar-refractivity contribution in [2.24, 2.45) is 0 Å². The van der Waals surface area contributed by atoms with Gasteiger partial charge >= 0.3 is 0 Å². The molecule has 0 saturated heterocycles. The van der Waals surface area contributed by atoms with Gasteiger partial charge in [0, 0.05) is 17.5 Å². The summed E-state index contributed by atoms with van der Waals surface area (Å²) in [4.78, 5) is 0. The third-order valence-electron chi connectivity index (χ3n) is 2.89. The Balaban J connectivity index is 0.000000963. The number of hydrogen-bond donors (Lipinski definition) is 1. The summed E-state index contributed by atoms with van der Waals surface area (Å²) < 4.78 is 5.54. The molecule has 16 heavy (non-hydrogen) atoms. The lowest BCUT2D eigenvalue weighted by atomic mass is 10.00. The maximum absolute atomic E-state index is 5.54. The van der Waals surface area contributed by atoms with Crippen molar-refractivity contribution in [1.29, 1.82) is 0 Å². The van der Waals surface area contributed by atoms with Gasteiger partial charge in [-0.2, -0.15) is 0 Å². The van der Waals surface area contributed by atoms with Crippen LogP contribution >= 0.6 is 12.4 Å². The smallest absolute Gasteiger partial charge is 0.134 e. The third kappa shape index (κ3) is 1.86. The highest BCUT2D eigenvalue weighted by Gasteiger charge is 2.11. The Bertz CT molecular complexity index is 515. The van der Waals surface area contributed by atoms with E-state index < -0.39 is 0 Å². The first kappa shape index (κ1) is 11.2. The number of rotatable bonds is 1. The lowest BCUT2D eigenvalue weighted by Gasteiger charge is -2.12. The Morgan fingerprint density at radius 1 is 1.19 bits per heavy atom. The fourth-order valence-electron chi connectivity index (χ4n) is 2.09. The van der Waals surface area contributed by atoms with E-state index in [-0.39, 0.29) is 12.4 Å². The molecule has 84 valence electrons. The fraction of sp³-hybridized carbons (Fsp3) is 0.231. The van der Waals surface area contributed by atoms with Crippen molar-refractivity contribution >= 4 is 28.9 Å². The van der Waals surface area contributed by atoms with Crippen molar-refractivity contribution in [3.8, 4) is 0 Å². The van der Waals surface area contributed by atoms with Crippen molar-refractivity contribution < 1.29 is 4.42 Å². The van der Waals surface area contributed by atoms with E-state index in [4.69, 9.17) is 4.42 Å². The van der Waals surface area contributed by atoms with Crippen LogP contribution in [0, 0.1) is 0 Å². The normalized spacial score (nSPS) is 15.6. The first-order valence-corrected chi connectivity index (χ1v) is 5.31. The average molecular weight is 236 g/mol. The van der Waals surface area contributed by atoms with Crippen molar-refractivity contribution in [3.63, 3.8) is 0 Å². The van der Waals surface area contributed by atoms with E-state index in [2.05, 4.69) is 23.5 Å². The number of benzene rings is 1. The van der Waals surface area contributed by atoms with E-state index in [1.54, 1.807) is 0 Å². The number of furan rings is 1. The molecule has 1 aromatic carbocycles. The quantitative estimate of drug-likeness (QED) is 0.821. The van der Waals surface area contributed by atoms with Crippen LogP contribution in [0.15, 0.2) is 41.0 Å². The second kappa shape index (κ2) is 4.73. The Morgan fingerprint density at radius 2 is 2.06 bits per heavy atom. The van der Waals surface area contributed by atoms with E-state index in [1.807, 2.05) is 18.4 Å². The van der Waals surface area contributed by atoms with E-state index in [1.165, 1.54) is 16.5 Å². The average Bonchev–Trinajstić information content (AvgIpc) is 2.74. The molecule has 0 amide bonds. The Morgan fingerprint density at radius 3 is 2.88 bits per heavy atom. The largest absolute Gasteiger partial charge is 0.464 e. The molecule has 3 rings (SSSR count).